The Morgan fingerprint density at radius 3 is 2.96 bits per heavy atom. The average molecular weight is 383 g/mol. The van der Waals surface area contributed by atoms with Crippen molar-refractivity contribution in [2.24, 2.45) is 5.92 Å². The molecule has 7 nitrogen and oxygen atoms in total. The maximum atomic E-state index is 12.0. The molecular weight excluding hydrogens is 354 g/mol. The van der Waals surface area contributed by atoms with Crippen molar-refractivity contribution in [3.05, 3.63) is 41.4 Å². The molecule has 1 aliphatic carbocycles. The number of carbonyl (C=O) groups excluding carboxylic acids is 1. The molecule has 1 saturated carbocycles. The molecule has 7 heteroatoms. The van der Waals surface area contributed by atoms with Crippen LogP contribution in [0.4, 0.5) is 0 Å². The van der Waals surface area contributed by atoms with Crippen molar-refractivity contribution in [1.82, 2.24) is 25.0 Å². The topological polar surface area (TPSA) is 76.2 Å². The third-order valence-corrected chi connectivity index (χ3v) is 5.72. The second-order valence-electron chi connectivity index (χ2n) is 7.89. The largest absolute Gasteiger partial charge is 0.465 e. The van der Waals surface area contributed by atoms with Crippen LogP contribution in [0.2, 0.25) is 0 Å². The fourth-order valence-corrected chi connectivity index (χ4v) is 3.90. The molecule has 1 fully saturated rings. The summed E-state index contributed by atoms with van der Waals surface area (Å²) >= 11 is 0. The van der Waals surface area contributed by atoms with Gasteiger partial charge in [-0.15, -0.1) is 10.2 Å². The Morgan fingerprint density at radius 1 is 1.32 bits per heavy atom. The van der Waals surface area contributed by atoms with E-state index in [0.717, 1.165) is 69.3 Å². The number of nitrogens with one attached hydrogen (secondary N) is 1. The van der Waals surface area contributed by atoms with Gasteiger partial charge in [-0.05, 0) is 38.0 Å². The number of amides is 1. The van der Waals surface area contributed by atoms with Gasteiger partial charge in [-0.1, -0.05) is 12.0 Å². The second kappa shape index (κ2) is 8.73. The minimum atomic E-state index is 0.201. The fourth-order valence-electron chi connectivity index (χ4n) is 3.90. The first kappa shape index (κ1) is 18.9. The smallest absolute Gasteiger partial charge is 0.223 e. The number of fused-ring (bicyclic) bond motifs is 1. The first-order chi connectivity index (χ1) is 13.7. The van der Waals surface area contributed by atoms with E-state index in [0.29, 0.717) is 6.54 Å². The molecule has 0 spiro atoms. The number of aromatic nitrogens is 3. The maximum absolute atomic E-state index is 12.0. The predicted molar refractivity (Wildman–Crippen MR) is 107 cm³/mol. The summed E-state index contributed by atoms with van der Waals surface area (Å²) in [6, 6.07) is 3.89. The van der Waals surface area contributed by atoms with Gasteiger partial charge in [-0.3, -0.25) is 9.69 Å². The molecule has 2 aliphatic rings. The third kappa shape index (κ3) is 4.52. The molecule has 0 atom stereocenters. The standard InChI is InChI=1S/C21H29N5O2/c1-16(14-18-6-3-13-28-18)15-25-10-8-20-24-23-19(26(20)12-11-25)7-9-22-21(27)17-4-2-5-17/h3,6,13-14,17H,2,4-5,7-12,15H2,1H3,(H,22,27). The highest BCUT2D eigenvalue weighted by Crippen LogP contribution is 2.26. The van der Waals surface area contributed by atoms with E-state index in [9.17, 15) is 4.79 Å². The van der Waals surface area contributed by atoms with Crippen LogP contribution in [0.3, 0.4) is 0 Å². The van der Waals surface area contributed by atoms with Crippen molar-refractivity contribution >= 4 is 12.0 Å². The van der Waals surface area contributed by atoms with E-state index in [4.69, 9.17) is 4.42 Å². The molecule has 0 saturated heterocycles. The highest BCUT2D eigenvalue weighted by atomic mass is 16.3. The van der Waals surface area contributed by atoms with Crippen LogP contribution in [0.15, 0.2) is 28.4 Å². The van der Waals surface area contributed by atoms with E-state index in [-0.39, 0.29) is 11.8 Å². The van der Waals surface area contributed by atoms with Gasteiger partial charge in [0.25, 0.3) is 0 Å². The fraction of sp³-hybridized carbons (Fsp3) is 0.571. The summed E-state index contributed by atoms with van der Waals surface area (Å²) in [6.45, 7) is 6.54. The van der Waals surface area contributed by atoms with Gasteiger partial charge in [0.05, 0.1) is 6.26 Å². The molecule has 0 aromatic carbocycles. The van der Waals surface area contributed by atoms with Crippen LogP contribution in [-0.2, 0) is 24.2 Å². The van der Waals surface area contributed by atoms with Crippen LogP contribution < -0.4 is 5.32 Å². The van der Waals surface area contributed by atoms with Crippen LogP contribution >= 0.6 is 0 Å². The van der Waals surface area contributed by atoms with Crippen LogP contribution in [0.25, 0.3) is 6.08 Å². The van der Waals surface area contributed by atoms with Crippen molar-refractivity contribution in [2.75, 3.05) is 26.2 Å². The van der Waals surface area contributed by atoms with Crippen molar-refractivity contribution < 1.29 is 9.21 Å². The van der Waals surface area contributed by atoms with Gasteiger partial charge in [0.2, 0.25) is 5.91 Å². The van der Waals surface area contributed by atoms with E-state index >= 15 is 0 Å². The lowest BCUT2D eigenvalue weighted by molar-refractivity contribution is -0.127. The Kier molecular flexibility index (Phi) is 5.90. The molecule has 4 rings (SSSR count). The van der Waals surface area contributed by atoms with Gasteiger partial charge >= 0.3 is 0 Å². The molecule has 2 aromatic rings. The summed E-state index contributed by atoms with van der Waals surface area (Å²) in [5.74, 6) is 3.37. The van der Waals surface area contributed by atoms with Gasteiger partial charge in [0.1, 0.15) is 17.4 Å². The zero-order valence-electron chi connectivity index (χ0n) is 16.6. The minimum Gasteiger partial charge on any atom is -0.465 e. The van der Waals surface area contributed by atoms with Gasteiger partial charge in [0.15, 0.2) is 0 Å². The molecule has 0 unspecified atom stereocenters. The summed E-state index contributed by atoms with van der Waals surface area (Å²) in [5.41, 5.74) is 1.28. The first-order valence-electron chi connectivity index (χ1n) is 10.3. The molecule has 1 N–H and O–H groups in total. The minimum absolute atomic E-state index is 0.201. The van der Waals surface area contributed by atoms with Gasteiger partial charge in [-0.25, -0.2) is 0 Å². The van der Waals surface area contributed by atoms with E-state index in [2.05, 4.69) is 38.0 Å². The van der Waals surface area contributed by atoms with Gasteiger partial charge in [-0.2, -0.15) is 0 Å². The highest BCUT2D eigenvalue weighted by Gasteiger charge is 2.25. The van der Waals surface area contributed by atoms with Crippen molar-refractivity contribution in [3.8, 4) is 0 Å². The SMILES string of the molecule is CC(=Cc1ccco1)CN1CCc2nnc(CCNC(=O)C3CCC3)n2CC1. The normalized spacial score (nSPS) is 18.4. The number of nitrogens with zero attached hydrogens (tertiary/aromatic N) is 4. The summed E-state index contributed by atoms with van der Waals surface area (Å²) in [5, 5.41) is 11.8. The lowest BCUT2D eigenvalue weighted by atomic mass is 9.85. The number of rotatable bonds is 7. The Hall–Kier alpha value is -2.41. The molecule has 1 amide bonds. The highest BCUT2D eigenvalue weighted by molar-refractivity contribution is 5.79. The Bertz CT molecular complexity index is 820. The summed E-state index contributed by atoms with van der Waals surface area (Å²) in [7, 11) is 0. The van der Waals surface area contributed by atoms with Gasteiger partial charge < -0.3 is 14.3 Å². The van der Waals surface area contributed by atoms with Crippen LogP contribution in [0.5, 0.6) is 0 Å². The van der Waals surface area contributed by atoms with Crippen molar-refractivity contribution in [3.63, 3.8) is 0 Å². The summed E-state index contributed by atoms with van der Waals surface area (Å²) in [4.78, 5) is 14.4. The van der Waals surface area contributed by atoms with Crippen LogP contribution in [-0.4, -0.2) is 51.8 Å². The van der Waals surface area contributed by atoms with Crippen LogP contribution in [0.1, 0.15) is 43.6 Å². The van der Waals surface area contributed by atoms with E-state index in [1.165, 1.54) is 12.0 Å². The zero-order valence-corrected chi connectivity index (χ0v) is 16.6. The van der Waals surface area contributed by atoms with E-state index in [1.54, 1.807) is 6.26 Å². The molecule has 3 heterocycles. The Morgan fingerprint density at radius 2 is 2.21 bits per heavy atom. The first-order valence-corrected chi connectivity index (χ1v) is 10.3. The maximum Gasteiger partial charge on any atom is 0.223 e. The molecule has 1 aliphatic heterocycles. The second-order valence-corrected chi connectivity index (χ2v) is 7.89. The van der Waals surface area contributed by atoms with Crippen molar-refractivity contribution in [2.45, 2.75) is 45.6 Å². The van der Waals surface area contributed by atoms with E-state index in [1.807, 2.05) is 12.1 Å². The molecule has 0 bridgehead atoms. The molecular formula is C21H29N5O2. The molecule has 28 heavy (non-hydrogen) atoms. The number of furan rings is 1. The predicted octanol–water partition coefficient (Wildman–Crippen LogP) is 2.29. The quantitative estimate of drug-likeness (QED) is 0.794. The molecule has 2 aromatic heterocycles. The average Bonchev–Trinajstić information content (AvgIpc) is 3.21. The van der Waals surface area contributed by atoms with Crippen LogP contribution in [0, 0.1) is 5.92 Å². The monoisotopic (exact) mass is 383 g/mol. The number of hydrogen-bond acceptors (Lipinski definition) is 5. The molecule has 0 radical (unpaired) electrons. The summed E-state index contributed by atoms with van der Waals surface area (Å²) < 4.78 is 7.64. The van der Waals surface area contributed by atoms with E-state index < -0.39 is 0 Å². The Labute approximate surface area is 165 Å². The lowest BCUT2D eigenvalue weighted by Gasteiger charge is -2.24. The lowest BCUT2D eigenvalue weighted by Crippen LogP contribution is -2.35. The molecule has 150 valence electrons. The summed E-state index contributed by atoms with van der Waals surface area (Å²) in [6.07, 6.45) is 8.70. The number of hydrogen-bond donors (Lipinski definition) is 1. The Balaban J connectivity index is 1.28. The van der Waals surface area contributed by atoms with Gasteiger partial charge in [0, 0.05) is 51.5 Å². The zero-order chi connectivity index (χ0) is 19.3. The third-order valence-electron chi connectivity index (χ3n) is 5.72. The number of carbonyl (C=O) groups is 1. The van der Waals surface area contributed by atoms with Crippen molar-refractivity contribution in [1.29, 1.82) is 0 Å².